The van der Waals surface area contributed by atoms with E-state index in [4.69, 9.17) is 0 Å². The highest BCUT2D eigenvalue weighted by Gasteiger charge is 2.34. The van der Waals surface area contributed by atoms with Crippen molar-refractivity contribution >= 4 is 20.1 Å². The van der Waals surface area contributed by atoms with Gasteiger partial charge in [-0.15, -0.1) is 20.1 Å². The second-order valence-electron chi connectivity index (χ2n) is 13.7. The number of hydrogen-bond donors (Lipinski definition) is 0. The predicted octanol–water partition coefficient (Wildman–Crippen LogP) is 15.7. The Hall–Kier alpha value is -6.32. The van der Waals surface area contributed by atoms with Crippen molar-refractivity contribution in [3.63, 3.8) is 0 Å². The SMILES string of the molecule is c1ccc(S(c2ccccc2)(c2ccccc2)c2ccc(-c3ccc(-c4ccc(S(c5ccccc5)(c5ccccc5)c5ccccc5)cc4)cc3)cc2)cc1. The summed E-state index contributed by atoms with van der Waals surface area (Å²) >= 11 is 0. The number of hydrogen-bond acceptors (Lipinski definition) is 0. The minimum absolute atomic E-state index is 1.21. The highest BCUT2D eigenvalue weighted by atomic mass is 32.3. The zero-order chi connectivity index (χ0) is 37.6. The zero-order valence-corrected chi connectivity index (χ0v) is 32.7. The van der Waals surface area contributed by atoms with Gasteiger partial charge >= 0.3 is 0 Å². The third-order valence-electron chi connectivity index (χ3n) is 10.5. The number of rotatable bonds is 10. The van der Waals surface area contributed by atoms with Gasteiger partial charge in [-0.1, -0.05) is 158 Å². The summed E-state index contributed by atoms with van der Waals surface area (Å²) in [5.41, 5.74) is 4.83. The van der Waals surface area contributed by atoms with Crippen LogP contribution in [0.3, 0.4) is 0 Å². The lowest BCUT2D eigenvalue weighted by Crippen LogP contribution is -2.05. The van der Waals surface area contributed by atoms with E-state index in [0.29, 0.717) is 0 Å². The monoisotopic (exact) mass is 754 g/mol. The lowest BCUT2D eigenvalue weighted by atomic mass is 10.0. The van der Waals surface area contributed by atoms with Crippen LogP contribution in [0.2, 0.25) is 0 Å². The Morgan fingerprint density at radius 1 is 0.143 bits per heavy atom. The van der Waals surface area contributed by atoms with Gasteiger partial charge in [0.2, 0.25) is 0 Å². The van der Waals surface area contributed by atoms with Gasteiger partial charge in [-0.2, -0.15) is 0 Å². The van der Waals surface area contributed by atoms with E-state index in [1.807, 2.05) is 0 Å². The molecule has 0 spiro atoms. The van der Waals surface area contributed by atoms with Crippen molar-refractivity contribution in [2.45, 2.75) is 39.2 Å². The summed E-state index contributed by atoms with van der Waals surface area (Å²) in [5.74, 6) is 0. The van der Waals surface area contributed by atoms with Crippen LogP contribution in [0.5, 0.6) is 0 Å². The zero-order valence-electron chi connectivity index (χ0n) is 31.1. The maximum absolute atomic E-state index is 2.35. The molecule has 0 unspecified atom stereocenters. The van der Waals surface area contributed by atoms with Crippen LogP contribution in [0.4, 0.5) is 0 Å². The average Bonchev–Trinajstić information content (AvgIpc) is 3.30. The molecule has 0 aliphatic carbocycles. The maximum atomic E-state index is 2.35. The van der Waals surface area contributed by atoms with E-state index < -0.39 is 20.1 Å². The van der Waals surface area contributed by atoms with Gasteiger partial charge in [0.25, 0.3) is 0 Å². The summed E-state index contributed by atoms with van der Waals surface area (Å²) in [6.07, 6.45) is 0. The summed E-state index contributed by atoms with van der Waals surface area (Å²) in [4.78, 5) is 10.6. The molecule has 270 valence electrons. The van der Waals surface area contributed by atoms with Crippen LogP contribution >= 0.6 is 20.1 Å². The van der Waals surface area contributed by atoms with E-state index in [0.717, 1.165) is 0 Å². The molecule has 0 aromatic heterocycles. The summed E-state index contributed by atoms with van der Waals surface area (Å²) in [5, 5.41) is 0. The van der Waals surface area contributed by atoms with Crippen molar-refractivity contribution in [2.75, 3.05) is 0 Å². The minimum Gasteiger partial charge on any atom is -0.133 e. The van der Waals surface area contributed by atoms with Crippen LogP contribution in [0.25, 0.3) is 22.3 Å². The Balaban J connectivity index is 1.07. The molecule has 0 fully saturated rings. The van der Waals surface area contributed by atoms with E-state index in [-0.39, 0.29) is 0 Å². The van der Waals surface area contributed by atoms with E-state index in [9.17, 15) is 0 Å². The standard InChI is InChI=1S/C54H42S2/c1-7-19-47(20-8-1)55(48-21-9-2-10-22-48,49-23-11-3-12-24-49)53-39-35-45(36-40-53)43-31-33-44(34-32-43)46-37-41-54(42-38-46)56(50-25-13-4-14-26-50,51-27-15-5-16-28-51)52-29-17-6-18-30-52/h1-42H. The third-order valence-corrected chi connectivity index (χ3v) is 18.4. The summed E-state index contributed by atoms with van der Waals surface area (Å²) in [6, 6.07) is 93.8. The van der Waals surface area contributed by atoms with Crippen LogP contribution in [0, 0.1) is 0 Å². The van der Waals surface area contributed by atoms with Crippen molar-refractivity contribution in [3.8, 4) is 22.3 Å². The molecule has 0 bridgehead atoms. The predicted molar refractivity (Wildman–Crippen MR) is 237 cm³/mol. The van der Waals surface area contributed by atoms with Gasteiger partial charge in [-0.05, 0) is 119 Å². The molecule has 0 amide bonds. The third kappa shape index (κ3) is 6.37. The lowest BCUT2D eigenvalue weighted by Gasteiger charge is -2.42. The Kier molecular flexibility index (Phi) is 9.99. The van der Waals surface area contributed by atoms with E-state index in [1.54, 1.807) is 0 Å². The summed E-state index contributed by atoms with van der Waals surface area (Å²) in [7, 11) is -3.44. The molecule has 9 aromatic carbocycles. The molecule has 0 heterocycles. The molecule has 9 rings (SSSR count). The molecule has 0 radical (unpaired) electrons. The van der Waals surface area contributed by atoms with Crippen LogP contribution in [-0.2, 0) is 0 Å². The van der Waals surface area contributed by atoms with Gasteiger partial charge in [0, 0.05) is 39.2 Å². The highest BCUT2D eigenvalue weighted by Crippen LogP contribution is 2.74. The van der Waals surface area contributed by atoms with Crippen molar-refractivity contribution in [1.82, 2.24) is 0 Å². The largest absolute Gasteiger partial charge is 0.133 e. The molecule has 0 saturated heterocycles. The fourth-order valence-corrected chi connectivity index (χ4v) is 15.7. The topological polar surface area (TPSA) is 0 Å². The van der Waals surface area contributed by atoms with Gasteiger partial charge in [0.05, 0.1) is 0 Å². The fourth-order valence-electron chi connectivity index (χ4n) is 7.94. The second-order valence-corrected chi connectivity index (χ2v) is 19.9. The van der Waals surface area contributed by atoms with Crippen molar-refractivity contribution in [1.29, 1.82) is 0 Å². The van der Waals surface area contributed by atoms with Gasteiger partial charge in [0.15, 0.2) is 0 Å². The first-order chi connectivity index (χ1) is 27.8. The van der Waals surface area contributed by atoms with Crippen LogP contribution in [-0.4, -0.2) is 0 Å². The van der Waals surface area contributed by atoms with Crippen LogP contribution in [0.15, 0.2) is 294 Å². The van der Waals surface area contributed by atoms with Crippen LogP contribution < -0.4 is 0 Å². The van der Waals surface area contributed by atoms with Crippen molar-refractivity contribution in [2.24, 2.45) is 0 Å². The summed E-state index contributed by atoms with van der Waals surface area (Å²) < 4.78 is 0. The Morgan fingerprint density at radius 3 is 0.464 bits per heavy atom. The normalized spacial score (nSPS) is 12.1. The molecule has 0 atom stereocenters. The fraction of sp³-hybridized carbons (Fsp3) is 0. The molecular formula is C54H42S2. The van der Waals surface area contributed by atoms with Gasteiger partial charge in [0.1, 0.15) is 0 Å². The maximum Gasteiger partial charge on any atom is 0.00233 e. The average molecular weight is 755 g/mol. The first-order valence-corrected chi connectivity index (χ1v) is 22.3. The first-order valence-electron chi connectivity index (χ1n) is 19.1. The Morgan fingerprint density at radius 2 is 0.286 bits per heavy atom. The molecule has 9 aromatic rings. The van der Waals surface area contributed by atoms with Crippen molar-refractivity contribution < 1.29 is 0 Å². The molecule has 2 heteroatoms. The van der Waals surface area contributed by atoms with E-state index in [2.05, 4.69) is 255 Å². The summed E-state index contributed by atoms with van der Waals surface area (Å²) in [6.45, 7) is 0. The first kappa shape index (κ1) is 35.4. The minimum atomic E-state index is -1.72. The molecule has 0 aliphatic rings. The van der Waals surface area contributed by atoms with Gasteiger partial charge in [-0.25, -0.2) is 0 Å². The lowest BCUT2D eigenvalue weighted by molar-refractivity contribution is 1.24. The molecule has 0 aliphatic heterocycles. The Labute approximate surface area is 334 Å². The van der Waals surface area contributed by atoms with Gasteiger partial charge < -0.3 is 0 Å². The quantitative estimate of drug-likeness (QED) is 0.130. The smallest absolute Gasteiger partial charge is 0.00233 e. The highest BCUT2D eigenvalue weighted by molar-refractivity contribution is 8.34. The van der Waals surface area contributed by atoms with Crippen LogP contribution in [0.1, 0.15) is 0 Å². The van der Waals surface area contributed by atoms with E-state index >= 15 is 0 Å². The molecule has 0 saturated carbocycles. The molecule has 0 nitrogen and oxygen atoms in total. The number of benzene rings is 9. The second kappa shape index (κ2) is 15.8. The molecule has 0 N–H and O–H groups in total. The van der Waals surface area contributed by atoms with Gasteiger partial charge in [-0.3, -0.25) is 0 Å². The van der Waals surface area contributed by atoms with E-state index in [1.165, 1.54) is 61.4 Å². The molecule has 56 heavy (non-hydrogen) atoms. The Bertz CT molecular complexity index is 2230. The van der Waals surface area contributed by atoms with Crippen molar-refractivity contribution in [3.05, 3.63) is 255 Å². The molecular weight excluding hydrogens is 713 g/mol.